The van der Waals surface area contributed by atoms with E-state index in [1.165, 1.54) is 12.8 Å². The molecule has 0 radical (unpaired) electrons. The van der Waals surface area contributed by atoms with Gasteiger partial charge in [-0.05, 0) is 49.5 Å². The zero-order valence-electron chi connectivity index (χ0n) is 16.9. The number of likely N-dealkylation sites (N-methyl/N-ethyl adjacent to an activating group) is 1. The van der Waals surface area contributed by atoms with Crippen molar-refractivity contribution in [2.75, 3.05) is 20.8 Å². The molecule has 0 saturated heterocycles. The fourth-order valence-electron chi connectivity index (χ4n) is 4.10. The van der Waals surface area contributed by atoms with Crippen LogP contribution < -0.4 is 20.5 Å². The Labute approximate surface area is 171 Å². The summed E-state index contributed by atoms with van der Waals surface area (Å²) in [6.45, 7) is 0.596. The normalized spacial score (nSPS) is 21.9. The largest absolute Gasteiger partial charge is 0.497 e. The summed E-state index contributed by atoms with van der Waals surface area (Å²) in [4.78, 5) is 3.90. The van der Waals surface area contributed by atoms with Crippen molar-refractivity contribution in [2.24, 2.45) is 5.73 Å². The Bertz CT molecular complexity index is 908. The van der Waals surface area contributed by atoms with Crippen LogP contribution in [-0.2, 0) is 0 Å². The van der Waals surface area contributed by atoms with Crippen molar-refractivity contribution in [3.63, 3.8) is 0 Å². The highest BCUT2D eigenvalue weighted by Crippen LogP contribution is 2.37. The predicted octanol–water partition coefficient (Wildman–Crippen LogP) is 2.70. The van der Waals surface area contributed by atoms with Gasteiger partial charge >= 0.3 is 0 Å². The summed E-state index contributed by atoms with van der Waals surface area (Å²) in [7, 11) is 3.54. The first-order valence-electron chi connectivity index (χ1n) is 9.98. The Kier molecular flexibility index (Phi) is 5.36. The molecule has 1 saturated carbocycles. The average molecular weight is 393 g/mol. The maximum Gasteiger partial charge on any atom is 0.130 e. The van der Waals surface area contributed by atoms with Gasteiger partial charge in [0.15, 0.2) is 0 Å². The van der Waals surface area contributed by atoms with Crippen LogP contribution in [0.5, 0.6) is 11.5 Å². The molecule has 7 heteroatoms. The third-order valence-corrected chi connectivity index (χ3v) is 5.66. The summed E-state index contributed by atoms with van der Waals surface area (Å²) in [5.41, 5.74) is 8.63. The van der Waals surface area contributed by atoms with Crippen molar-refractivity contribution in [3.05, 3.63) is 53.6 Å². The van der Waals surface area contributed by atoms with Gasteiger partial charge < -0.3 is 30.3 Å². The molecule has 29 heavy (non-hydrogen) atoms. The molecule has 2 heterocycles. The molecular weight excluding hydrogens is 366 g/mol. The molecule has 4 rings (SSSR count). The van der Waals surface area contributed by atoms with Crippen LogP contribution in [0.1, 0.15) is 31.2 Å². The number of allylic oxidation sites excluding steroid dienone is 2. The number of methoxy groups -OCH3 is 1. The van der Waals surface area contributed by atoms with Crippen LogP contribution in [0.15, 0.2) is 48.1 Å². The Morgan fingerprint density at radius 1 is 1.21 bits per heavy atom. The van der Waals surface area contributed by atoms with Crippen LogP contribution in [-0.4, -0.2) is 42.9 Å². The summed E-state index contributed by atoms with van der Waals surface area (Å²) in [6, 6.07) is 8.21. The van der Waals surface area contributed by atoms with Crippen LogP contribution in [0.4, 0.5) is 0 Å². The SMILES string of the molecule is COc1cc(OC2CCCC2)cc(C2=CC(N)N(C)C(N3C=CNC3)=C2C#N)c1. The van der Waals surface area contributed by atoms with Crippen LogP contribution >= 0.6 is 0 Å². The zero-order valence-corrected chi connectivity index (χ0v) is 16.9. The van der Waals surface area contributed by atoms with Gasteiger partial charge in [0.25, 0.3) is 0 Å². The van der Waals surface area contributed by atoms with E-state index in [2.05, 4.69) is 11.4 Å². The quantitative estimate of drug-likeness (QED) is 0.795. The smallest absolute Gasteiger partial charge is 0.130 e. The predicted molar refractivity (Wildman–Crippen MR) is 111 cm³/mol. The zero-order chi connectivity index (χ0) is 20.4. The Morgan fingerprint density at radius 2 is 1.97 bits per heavy atom. The molecule has 1 unspecified atom stereocenters. The van der Waals surface area contributed by atoms with E-state index < -0.39 is 0 Å². The minimum absolute atomic E-state index is 0.242. The fraction of sp³-hybridized carbons (Fsp3) is 0.409. The van der Waals surface area contributed by atoms with E-state index in [-0.39, 0.29) is 12.3 Å². The molecule has 0 spiro atoms. The number of hydrogen-bond acceptors (Lipinski definition) is 7. The van der Waals surface area contributed by atoms with E-state index in [1.54, 1.807) is 7.11 Å². The second-order valence-electron chi connectivity index (χ2n) is 7.56. The van der Waals surface area contributed by atoms with Crippen molar-refractivity contribution >= 4 is 5.57 Å². The van der Waals surface area contributed by atoms with E-state index in [0.29, 0.717) is 18.0 Å². The first-order chi connectivity index (χ1) is 14.1. The lowest BCUT2D eigenvalue weighted by Crippen LogP contribution is -2.44. The van der Waals surface area contributed by atoms with Gasteiger partial charge in [-0.25, -0.2) is 0 Å². The molecule has 1 aromatic carbocycles. The average Bonchev–Trinajstić information content (AvgIpc) is 3.43. The van der Waals surface area contributed by atoms with E-state index in [1.807, 2.05) is 53.5 Å². The Hall–Kier alpha value is -3.11. The third-order valence-electron chi connectivity index (χ3n) is 5.66. The van der Waals surface area contributed by atoms with Gasteiger partial charge in [-0.1, -0.05) is 0 Å². The van der Waals surface area contributed by atoms with Gasteiger partial charge in [-0.2, -0.15) is 5.26 Å². The number of nitrogens with two attached hydrogens (primary N) is 1. The van der Waals surface area contributed by atoms with Gasteiger partial charge in [-0.3, -0.25) is 0 Å². The third kappa shape index (κ3) is 3.76. The van der Waals surface area contributed by atoms with Crippen LogP contribution in [0, 0.1) is 11.3 Å². The topological polar surface area (TPSA) is 86.8 Å². The molecule has 0 amide bonds. The first-order valence-corrected chi connectivity index (χ1v) is 9.98. The lowest BCUT2D eigenvalue weighted by atomic mass is 9.94. The van der Waals surface area contributed by atoms with E-state index >= 15 is 0 Å². The van der Waals surface area contributed by atoms with Crippen molar-refractivity contribution in [3.8, 4) is 17.6 Å². The molecule has 1 atom stereocenters. The molecule has 1 fully saturated rings. The summed E-state index contributed by atoms with van der Waals surface area (Å²) in [6.07, 6.45) is 10.1. The number of hydrogen-bond donors (Lipinski definition) is 2. The number of nitrogens with one attached hydrogen (secondary N) is 1. The summed E-state index contributed by atoms with van der Waals surface area (Å²) < 4.78 is 11.7. The van der Waals surface area contributed by atoms with Crippen molar-refractivity contribution in [2.45, 2.75) is 38.0 Å². The second-order valence-corrected chi connectivity index (χ2v) is 7.56. The first kappa shape index (κ1) is 19.2. The Balaban J connectivity index is 1.76. The Morgan fingerprint density at radius 3 is 2.62 bits per heavy atom. The summed E-state index contributed by atoms with van der Waals surface area (Å²) in [5, 5.41) is 13.2. The highest BCUT2D eigenvalue weighted by Gasteiger charge is 2.30. The number of nitriles is 1. The molecule has 152 valence electrons. The minimum atomic E-state index is -0.350. The highest BCUT2D eigenvalue weighted by molar-refractivity contribution is 5.86. The standard InChI is InChI=1S/C22H27N5O2/c1-26-21(24)12-19(20(13-23)22(26)27-8-7-25-14-27)15-9-17(28-2)11-18(10-15)29-16-5-3-4-6-16/h7-12,16,21,25H,3-6,14,24H2,1-2H3. The molecule has 0 aromatic heterocycles. The maximum atomic E-state index is 10.0. The molecule has 1 aliphatic carbocycles. The molecule has 1 aromatic rings. The van der Waals surface area contributed by atoms with Gasteiger partial charge in [0.1, 0.15) is 29.0 Å². The highest BCUT2D eigenvalue weighted by atomic mass is 16.5. The lowest BCUT2D eigenvalue weighted by Gasteiger charge is -2.37. The molecule has 2 aliphatic heterocycles. The fourth-order valence-corrected chi connectivity index (χ4v) is 4.10. The molecule has 3 aliphatic rings. The summed E-state index contributed by atoms with van der Waals surface area (Å²) in [5.74, 6) is 2.24. The maximum absolute atomic E-state index is 10.0. The van der Waals surface area contributed by atoms with Gasteiger partial charge in [-0.15, -0.1) is 0 Å². The van der Waals surface area contributed by atoms with Crippen molar-refractivity contribution in [1.82, 2.24) is 15.1 Å². The molecule has 7 nitrogen and oxygen atoms in total. The van der Waals surface area contributed by atoms with Crippen molar-refractivity contribution in [1.29, 1.82) is 5.26 Å². The van der Waals surface area contributed by atoms with Crippen LogP contribution in [0.3, 0.4) is 0 Å². The van der Waals surface area contributed by atoms with E-state index in [0.717, 1.165) is 35.5 Å². The lowest BCUT2D eigenvalue weighted by molar-refractivity contribution is 0.209. The molecule has 0 bridgehead atoms. The van der Waals surface area contributed by atoms with E-state index in [4.69, 9.17) is 15.2 Å². The molecule has 3 N–H and O–H groups in total. The summed E-state index contributed by atoms with van der Waals surface area (Å²) >= 11 is 0. The van der Waals surface area contributed by atoms with E-state index in [9.17, 15) is 5.26 Å². The number of rotatable bonds is 5. The monoisotopic (exact) mass is 393 g/mol. The van der Waals surface area contributed by atoms with Gasteiger partial charge in [0, 0.05) is 31.1 Å². The van der Waals surface area contributed by atoms with Crippen LogP contribution in [0.25, 0.3) is 5.57 Å². The minimum Gasteiger partial charge on any atom is -0.497 e. The van der Waals surface area contributed by atoms with Gasteiger partial charge in [0.05, 0.1) is 26.0 Å². The molecular formula is C22H27N5O2. The number of ether oxygens (including phenoxy) is 2. The number of nitrogens with zero attached hydrogens (tertiary/aromatic N) is 3. The second kappa shape index (κ2) is 8.10. The van der Waals surface area contributed by atoms with Gasteiger partial charge in [0.2, 0.25) is 0 Å². The number of benzene rings is 1. The van der Waals surface area contributed by atoms with Crippen LogP contribution in [0.2, 0.25) is 0 Å². The van der Waals surface area contributed by atoms with Crippen molar-refractivity contribution < 1.29 is 9.47 Å².